The first-order valence-corrected chi connectivity index (χ1v) is 10.1. The first kappa shape index (κ1) is 20.5. The number of likely N-dealkylation sites (tertiary alicyclic amines) is 1. The number of nitrogens with zero attached hydrogens (tertiary/aromatic N) is 3. The molecule has 0 aliphatic carbocycles. The normalized spacial score (nSPS) is 21.4. The van der Waals surface area contributed by atoms with Gasteiger partial charge >= 0.3 is 0 Å². The topological polar surface area (TPSA) is 65.0 Å². The van der Waals surface area contributed by atoms with Crippen LogP contribution in [0.1, 0.15) is 31.2 Å². The Labute approximate surface area is 169 Å². The summed E-state index contributed by atoms with van der Waals surface area (Å²) in [5.41, 5.74) is 0.727. The zero-order valence-electron chi connectivity index (χ0n) is 15.8. The number of hydrogen-bond acceptors (Lipinski definition) is 5. The van der Waals surface area contributed by atoms with E-state index in [0.717, 1.165) is 31.6 Å². The van der Waals surface area contributed by atoms with Crippen LogP contribution in [0.3, 0.4) is 0 Å². The highest BCUT2D eigenvalue weighted by molar-refractivity contribution is 7.80. The van der Waals surface area contributed by atoms with E-state index in [2.05, 4.69) is 15.2 Å². The number of piperidine rings is 1. The quantitative estimate of drug-likeness (QED) is 0.327. The van der Waals surface area contributed by atoms with Crippen LogP contribution < -0.4 is 5.32 Å². The van der Waals surface area contributed by atoms with E-state index in [1.54, 1.807) is 12.1 Å². The summed E-state index contributed by atoms with van der Waals surface area (Å²) < 4.78 is 13.1. The summed E-state index contributed by atoms with van der Waals surface area (Å²) in [6.45, 7) is 4.03. The van der Waals surface area contributed by atoms with Gasteiger partial charge in [-0.3, -0.25) is 19.5 Å². The third kappa shape index (κ3) is 5.42. The number of rotatable bonds is 7. The molecule has 0 unspecified atom stereocenters. The summed E-state index contributed by atoms with van der Waals surface area (Å²) in [6.07, 6.45) is 6.14. The number of aliphatic imine (C=N–C) groups is 1. The number of benzene rings is 1. The molecule has 0 spiro atoms. The van der Waals surface area contributed by atoms with E-state index in [4.69, 9.17) is 12.2 Å². The van der Waals surface area contributed by atoms with E-state index in [9.17, 15) is 14.0 Å². The molecule has 2 amide bonds. The molecule has 0 bridgehead atoms. The van der Waals surface area contributed by atoms with Gasteiger partial charge in [-0.15, -0.1) is 0 Å². The lowest BCUT2D eigenvalue weighted by atomic mass is 10.1. The van der Waals surface area contributed by atoms with Crippen LogP contribution in [0, 0.1) is 11.7 Å². The van der Waals surface area contributed by atoms with Gasteiger partial charge in [0, 0.05) is 12.8 Å². The highest BCUT2D eigenvalue weighted by Gasteiger charge is 2.37. The second kappa shape index (κ2) is 9.84. The second-order valence-corrected chi connectivity index (χ2v) is 7.52. The maximum Gasteiger partial charge on any atom is 0.247 e. The summed E-state index contributed by atoms with van der Waals surface area (Å²) in [4.78, 5) is 33.0. The molecular formula is C20H25FN4O2S. The van der Waals surface area contributed by atoms with Crippen molar-refractivity contribution in [3.8, 4) is 0 Å². The molecule has 28 heavy (non-hydrogen) atoms. The molecule has 2 aliphatic heterocycles. The van der Waals surface area contributed by atoms with Crippen molar-refractivity contribution < 1.29 is 14.0 Å². The average Bonchev–Trinajstić information content (AvgIpc) is 2.69. The first-order valence-electron chi connectivity index (χ1n) is 9.67. The summed E-state index contributed by atoms with van der Waals surface area (Å²) >= 11 is 5.13. The Morgan fingerprint density at radius 2 is 1.89 bits per heavy atom. The van der Waals surface area contributed by atoms with Crippen LogP contribution in [0.4, 0.5) is 4.39 Å². The monoisotopic (exact) mass is 404 g/mol. The molecule has 0 radical (unpaired) electrons. The largest absolute Gasteiger partial charge is 0.303 e. The summed E-state index contributed by atoms with van der Waals surface area (Å²) in [5.74, 6) is -2.19. The molecule has 8 heteroatoms. The highest BCUT2D eigenvalue weighted by Crippen LogP contribution is 2.14. The van der Waals surface area contributed by atoms with Crippen molar-refractivity contribution in [3.05, 3.63) is 35.6 Å². The van der Waals surface area contributed by atoms with Crippen molar-refractivity contribution in [1.82, 2.24) is 15.1 Å². The molecule has 2 aliphatic rings. The van der Waals surface area contributed by atoms with Gasteiger partial charge in [0.25, 0.3) is 0 Å². The van der Waals surface area contributed by atoms with Gasteiger partial charge in [0.1, 0.15) is 5.82 Å². The maximum atomic E-state index is 13.1. The Morgan fingerprint density at radius 1 is 1.18 bits per heavy atom. The molecule has 1 atom stereocenters. The molecule has 6 nitrogen and oxygen atoms in total. The number of carbonyl (C=O) groups excluding carboxylic acids is 2. The zero-order valence-corrected chi connectivity index (χ0v) is 16.6. The summed E-state index contributed by atoms with van der Waals surface area (Å²) in [7, 11) is 0. The minimum Gasteiger partial charge on any atom is -0.303 e. The van der Waals surface area contributed by atoms with Gasteiger partial charge in [-0.25, -0.2) is 4.39 Å². The Morgan fingerprint density at radius 3 is 2.61 bits per heavy atom. The van der Waals surface area contributed by atoms with E-state index >= 15 is 0 Å². The fourth-order valence-corrected chi connectivity index (χ4v) is 3.69. The number of carbonyl (C=O) groups is 2. The van der Waals surface area contributed by atoms with Crippen LogP contribution >= 0.6 is 12.2 Å². The van der Waals surface area contributed by atoms with Crippen molar-refractivity contribution in [3.63, 3.8) is 0 Å². The Kier molecular flexibility index (Phi) is 7.22. The number of amides is 2. The lowest BCUT2D eigenvalue weighted by molar-refractivity contribution is -0.138. The average molecular weight is 405 g/mol. The molecular weight excluding hydrogens is 379 g/mol. The molecule has 3 rings (SSSR count). The van der Waals surface area contributed by atoms with Crippen LogP contribution in [-0.2, 0) is 16.1 Å². The fourth-order valence-electron chi connectivity index (χ4n) is 3.43. The minimum absolute atomic E-state index is 0.0640. The summed E-state index contributed by atoms with van der Waals surface area (Å²) in [6, 6.07) is 5.83. The van der Waals surface area contributed by atoms with E-state index in [1.807, 2.05) is 0 Å². The predicted molar refractivity (Wildman–Crippen MR) is 109 cm³/mol. The lowest BCUT2D eigenvalue weighted by Crippen LogP contribution is -2.57. The number of halogens is 1. The molecule has 1 aromatic carbocycles. The first-order chi connectivity index (χ1) is 13.5. The van der Waals surface area contributed by atoms with Crippen LogP contribution in [0.2, 0.25) is 0 Å². The van der Waals surface area contributed by atoms with Crippen molar-refractivity contribution in [1.29, 1.82) is 0 Å². The van der Waals surface area contributed by atoms with Gasteiger partial charge in [-0.1, -0.05) is 18.6 Å². The second-order valence-electron chi connectivity index (χ2n) is 7.13. The molecule has 2 heterocycles. The number of hydrogen-bond donors (Lipinski definition) is 1. The Balaban J connectivity index is 1.54. The Bertz CT molecular complexity index is 747. The van der Waals surface area contributed by atoms with Crippen molar-refractivity contribution >= 4 is 35.4 Å². The van der Waals surface area contributed by atoms with E-state index in [0.29, 0.717) is 6.54 Å². The Hall–Kier alpha value is -2.19. The zero-order chi connectivity index (χ0) is 19.9. The van der Waals surface area contributed by atoms with Crippen LogP contribution in [0.25, 0.3) is 0 Å². The van der Waals surface area contributed by atoms with Gasteiger partial charge < -0.3 is 10.2 Å². The number of thiocarbonyl (C=S) groups is 1. The fraction of sp³-hybridized carbons (Fsp3) is 0.500. The molecule has 1 aromatic rings. The molecule has 1 N–H and O–H groups in total. The van der Waals surface area contributed by atoms with E-state index in [-0.39, 0.29) is 17.5 Å². The van der Waals surface area contributed by atoms with E-state index in [1.165, 1.54) is 42.5 Å². The van der Waals surface area contributed by atoms with Gasteiger partial charge in [0.15, 0.2) is 11.0 Å². The lowest BCUT2D eigenvalue weighted by Gasteiger charge is -2.31. The van der Waals surface area contributed by atoms with Crippen molar-refractivity contribution in [2.45, 2.75) is 32.2 Å². The summed E-state index contributed by atoms with van der Waals surface area (Å²) in [5, 5.41) is 2.62. The third-order valence-corrected chi connectivity index (χ3v) is 5.33. The van der Waals surface area contributed by atoms with Crippen LogP contribution in [0.5, 0.6) is 0 Å². The van der Waals surface area contributed by atoms with Gasteiger partial charge in [-0.05, 0) is 68.8 Å². The van der Waals surface area contributed by atoms with Crippen molar-refractivity contribution in [2.24, 2.45) is 10.9 Å². The number of nitrogens with one attached hydrogen (secondary N) is 1. The minimum atomic E-state index is -0.984. The van der Waals surface area contributed by atoms with Crippen LogP contribution in [0.15, 0.2) is 29.3 Å². The molecule has 2 fully saturated rings. The highest BCUT2D eigenvalue weighted by atomic mass is 32.1. The van der Waals surface area contributed by atoms with Gasteiger partial charge in [-0.2, -0.15) is 0 Å². The molecule has 0 aromatic heterocycles. The third-order valence-electron chi connectivity index (χ3n) is 5.01. The van der Waals surface area contributed by atoms with Gasteiger partial charge in [0.2, 0.25) is 11.8 Å². The molecule has 0 saturated carbocycles. The molecule has 2 saturated heterocycles. The predicted octanol–water partition coefficient (Wildman–Crippen LogP) is 2.13. The van der Waals surface area contributed by atoms with Crippen LogP contribution in [-0.4, -0.2) is 59.1 Å². The standard InChI is InChI=1S/C20H25FN4O2S/c21-16-7-5-15(6-8-16)14-25-19(27)17(18(26)23-20(25)28)13-22-9-4-12-24-10-2-1-3-11-24/h5-8,13,17H,1-4,9-12,14H2,(H,23,26,28)/t17-/m1/s1. The SMILES string of the molecule is O=C1NC(=S)N(Cc2ccc(F)cc2)C(=O)[C@@H]1C=NCCCN1CCCCC1. The maximum absolute atomic E-state index is 13.1. The van der Waals surface area contributed by atoms with Crippen molar-refractivity contribution in [2.75, 3.05) is 26.2 Å². The van der Waals surface area contributed by atoms with Gasteiger partial charge in [0.05, 0.1) is 6.54 Å². The molecule has 150 valence electrons. The smallest absolute Gasteiger partial charge is 0.247 e. The van der Waals surface area contributed by atoms with E-state index < -0.39 is 17.7 Å².